The van der Waals surface area contributed by atoms with E-state index < -0.39 is 18.7 Å². The minimum atomic E-state index is -2.96. The van der Waals surface area contributed by atoms with E-state index in [0.717, 1.165) is 14.2 Å². The van der Waals surface area contributed by atoms with Crippen LogP contribution in [-0.2, 0) is 0 Å². The normalized spacial score (nSPS) is 15.3. The molecule has 1 aliphatic heterocycles. The summed E-state index contributed by atoms with van der Waals surface area (Å²) in [6.07, 6.45) is -0.474. The number of hydrogen-bond donors (Lipinski definition) is 1. The van der Waals surface area contributed by atoms with Crippen LogP contribution in [0.1, 0.15) is 16.5 Å². The topological polar surface area (TPSA) is 61.6 Å². The number of benzene rings is 2. The van der Waals surface area contributed by atoms with E-state index in [1.807, 2.05) is 18.2 Å². The molecule has 0 aliphatic carbocycles. The number of carbonyl (C=O) groups excluding carboxylic acids is 1. The monoisotopic (exact) mass is 495 g/mol. The zero-order valence-corrected chi connectivity index (χ0v) is 18.5. The van der Waals surface area contributed by atoms with Gasteiger partial charge in [-0.05, 0) is 51.8 Å². The Bertz CT molecular complexity index is 1130. The Morgan fingerprint density at radius 1 is 1.23 bits per heavy atom. The Morgan fingerprint density at radius 2 is 2.00 bits per heavy atom. The summed E-state index contributed by atoms with van der Waals surface area (Å²) in [5, 5.41) is 0. The van der Waals surface area contributed by atoms with E-state index in [-0.39, 0.29) is 10.2 Å². The third-order valence-electron chi connectivity index (χ3n) is 5.08. The first kappa shape index (κ1) is 20.8. The predicted molar refractivity (Wildman–Crippen MR) is 116 cm³/mol. The quantitative estimate of drug-likeness (QED) is 0.457. The third-order valence-corrected chi connectivity index (χ3v) is 6.75. The van der Waals surface area contributed by atoms with Crippen molar-refractivity contribution in [1.29, 1.82) is 0 Å². The molecule has 4 rings (SSSR count). The number of rotatable bonds is 4. The van der Waals surface area contributed by atoms with E-state index in [1.165, 1.54) is 17.4 Å². The number of nitrogens with zero attached hydrogens (tertiary/aromatic N) is 1. The van der Waals surface area contributed by atoms with Gasteiger partial charge in [0, 0.05) is 17.7 Å². The van der Waals surface area contributed by atoms with E-state index in [2.05, 4.69) is 15.9 Å². The largest absolute Gasteiger partial charge is 0.479 e. The van der Waals surface area contributed by atoms with Crippen LogP contribution in [0.15, 0.2) is 52.3 Å². The number of alkyl halides is 2. The molecule has 0 saturated carbocycles. The maximum Gasteiger partial charge on any atom is 0.418 e. The van der Waals surface area contributed by atoms with Gasteiger partial charge < -0.3 is 15.2 Å². The van der Waals surface area contributed by atoms with Crippen LogP contribution in [0.25, 0.3) is 11.1 Å². The number of primary amides is 1. The fourth-order valence-electron chi connectivity index (χ4n) is 3.41. The van der Waals surface area contributed by atoms with E-state index in [1.54, 1.807) is 38.4 Å². The molecule has 0 radical (unpaired) electrons. The predicted octanol–water partition coefficient (Wildman–Crippen LogP) is 5.91. The van der Waals surface area contributed by atoms with Crippen molar-refractivity contribution in [2.24, 2.45) is 5.73 Å². The zero-order chi connectivity index (χ0) is 21.6. The van der Waals surface area contributed by atoms with Gasteiger partial charge in [-0.25, -0.2) is 9.28 Å². The molecule has 3 aromatic rings. The van der Waals surface area contributed by atoms with Gasteiger partial charge in [-0.3, -0.25) is 0 Å². The molecule has 0 fully saturated rings. The highest BCUT2D eigenvalue weighted by atomic mass is 79.9. The summed E-state index contributed by atoms with van der Waals surface area (Å²) in [5.41, 5.74) is 8.13. The van der Waals surface area contributed by atoms with Gasteiger partial charge in [0.15, 0.2) is 6.10 Å². The summed E-state index contributed by atoms with van der Waals surface area (Å²) in [4.78, 5) is 12.9. The fourth-order valence-corrected chi connectivity index (χ4v) is 4.88. The molecule has 1 atom stereocenters. The number of halogens is 3. The number of thiophene rings is 1. The molecule has 1 aliphatic rings. The van der Waals surface area contributed by atoms with Crippen LogP contribution < -0.4 is 19.7 Å². The molecule has 30 heavy (non-hydrogen) atoms. The Hall–Kier alpha value is -2.49. The minimum absolute atomic E-state index is 0.0333. The number of urea groups is 1. The smallest absolute Gasteiger partial charge is 0.418 e. The molecule has 9 heteroatoms. The Morgan fingerprint density at radius 3 is 2.63 bits per heavy atom. The standard InChI is InChI=1S/C21H17BrF2N2O3S/c1-26(2,21(25)27)11-6-7-12-13(10-11)19(16-8-9-17(22)30-16)28-14-4-3-5-15(18(12)14)29-20(23)24/h3-10,19-20H,1-2H3,(H-,25,27)/p+1. The van der Waals surface area contributed by atoms with Crippen molar-refractivity contribution < 1.29 is 23.0 Å². The highest BCUT2D eigenvalue weighted by Gasteiger charge is 2.35. The first-order valence-electron chi connectivity index (χ1n) is 8.97. The minimum Gasteiger partial charge on any atom is -0.479 e. The molecule has 156 valence electrons. The van der Waals surface area contributed by atoms with Gasteiger partial charge in [-0.1, -0.05) is 6.07 Å². The van der Waals surface area contributed by atoms with Gasteiger partial charge >= 0.3 is 12.6 Å². The summed E-state index contributed by atoms with van der Waals surface area (Å²) in [6.45, 7) is -2.96. The lowest BCUT2D eigenvalue weighted by Crippen LogP contribution is -2.50. The summed E-state index contributed by atoms with van der Waals surface area (Å²) in [7, 11) is 3.37. The van der Waals surface area contributed by atoms with Gasteiger partial charge in [0.05, 0.1) is 28.3 Å². The summed E-state index contributed by atoms with van der Waals surface area (Å²) >= 11 is 4.98. The zero-order valence-electron chi connectivity index (χ0n) is 16.1. The van der Waals surface area contributed by atoms with Crippen molar-refractivity contribution in [3.05, 3.63) is 62.8 Å². The highest BCUT2D eigenvalue weighted by molar-refractivity contribution is 9.11. The number of amides is 2. The van der Waals surface area contributed by atoms with Crippen LogP contribution >= 0.6 is 27.3 Å². The highest BCUT2D eigenvalue weighted by Crippen LogP contribution is 2.51. The molecular weight excluding hydrogens is 478 g/mol. The van der Waals surface area contributed by atoms with Crippen LogP contribution in [0.4, 0.5) is 19.3 Å². The fraction of sp³-hybridized carbons (Fsp3) is 0.190. The van der Waals surface area contributed by atoms with Crippen molar-refractivity contribution in [3.8, 4) is 22.6 Å². The van der Waals surface area contributed by atoms with Gasteiger partial charge in [0.2, 0.25) is 0 Å². The third kappa shape index (κ3) is 3.57. The maximum atomic E-state index is 13.0. The van der Waals surface area contributed by atoms with E-state index in [0.29, 0.717) is 22.6 Å². The van der Waals surface area contributed by atoms with Crippen LogP contribution in [0.2, 0.25) is 0 Å². The van der Waals surface area contributed by atoms with Crippen LogP contribution in [0.3, 0.4) is 0 Å². The summed E-state index contributed by atoms with van der Waals surface area (Å²) in [6, 6.07) is 13.6. The molecular formula is C21H18BrF2N2O3S+. The lowest BCUT2D eigenvalue weighted by Gasteiger charge is -2.31. The molecule has 1 aromatic heterocycles. The van der Waals surface area contributed by atoms with Crippen molar-refractivity contribution in [1.82, 2.24) is 4.48 Å². The molecule has 2 heterocycles. The Labute approximate surface area is 184 Å². The number of hydrogen-bond acceptors (Lipinski definition) is 4. The molecule has 0 saturated heterocycles. The number of nitrogens with two attached hydrogens (primary N) is 1. The number of fused-ring (bicyclic) bond motifs is 3. The van der Waals surface area contributed by atoms with Crippen molar-refractivity contribution >= 4 is 39.0 Å². The lowest BCUT2D eigenvalue weighted by atomic mass is 9.90. The second-order valence-electron chi connectivity index (χ2n) is 7.21. The average molecular weight is 496 g/mol. The van der Waals surface area contributed by atoms with Gasteiger partial charge in [0.25, 0.3) is 0 Å². The summed E-state index contributed by atoms with van der Waals surface area (Å²) < 4.78 is 37.8. The molecule has 1 unspecified atom stereocenters. The second kappa shape index (κ2) is 7.64. The first-order chi connectivity index (χ1) is 14.2. The van der Waals surface area contributed by atoms with Gasteiger partial charge in [0.1, 0.15) is 17.2 Å². The van der Waals surface area contributed by atoms with Crippen LogP contribution in [0.5, 0.6) is 11.5 Å². The molecule has 2 amide bonds. The Balaban J connectivity index is 1.94. The van der Waals surface area contributed by atoms with E-state index >= 15 is 0 Å². The van der Waals surface area contributed by atoms with Crippen LogP contribution in [0, 0.1) is 0 Å². The van der Waals surface area contributed by atoms with Crippen molar-refractivity contribution in [2.75, 3.05) is 14.1 Å². The number of carbonyl (C=O) groups is 1. The van der Waals surface area contributed by atoms with Crippen molar-refractivity contribution in [2.45, 2.75) is 12.7 Å². The van der Waals surface area contributed by atoms with Crippen LogP contribution in [-0.4, -0.2) is 26.7 Å². The second-order valence-corrected chi connectivity index (χ2v) is 9.71. The molecule has 5 nitrogen and oxygen atoms in total. The molecule has 0 spiro atoms. The van der Waals surface area contributed by atoms with E-state index in [9.17, 15) is 13.6 Å². The van der Waals surface area contributed by atoms with Gasteiger partial charge in [-0.15, -0.1) is 11.3 Å². The Kier molecular flexibility index (Phi) is 5.29. The molecule has 0 bridgehead atoms. The van der Waals surface area contributed by atoms with E-state index in [4.69, 9.17) is 15.2 Å². The average Bonchev–Trinajstić information content (AvgIpc) is 3.12. The SMILES string of the molecule is C[N+](C)(C(N)=O)c1ccc2c(c1)C(c1ccc(Br)s1)Oc1cccc(OC(F)F)c1-2. The number of ether oxygens (including phenoxy) is 2. The summed E-state index contributed by atoms with van der Waals surface area (Å²) in [5.74, 6) is 0.484. The molecule has 2 aromatic carbocycles. The number of quaternary nitrogens is 1. The van der Waals surface area contributed by atoms with Crippen molar-refractivity contribution in [3.63, 3.8) is 0 Å². The van der Waals surface area contributed by atoms with Gasteiger partial charge in [-0.2, -0.15) is 8.78 Å². The first-order valence-corrected chi connectivity index (χ1v) is 10.6. The maximum absolute atomic E-state index is 13.0. The lowest BCUT2D eigenvalue weighted by molar-refractivity contribution is -0.0496. The molecule has 2 N–H and O–H groups in total.